The van der Waals surface area contributed by atoms with Gasteiger partial charge in [-0.2, -0.15) is 0 Å². The van der Waals surface area contributed by atoms with Gasteiger partial charge < -0.3 is 15.4 Å². The summed E-state index contributed by atoms with van der Waals surface area (Å²) in [6.07, 6.45) is 0. The van der Waals surface area contributed by atoms with Gasteiger partial charge in [-0.1, -0.05) is 0 Å². The normalized spacial score (nSPS) is 12.2. The first-order valence-electron chi connectivity index (χ1n) is 6.89. The van der Waals surface area contributed by atoms with Crippen LogP contribution in [0.5, 0.6) is 0 Å². The first-order chi connectivity index (χ1) is 9.45. The number of rotatable bonds is 7. The second-order valence-corrected chi connectivity index (χ2v) is 5.02. The zero-order valence-electron chi connectivity index (χ0n) is 13.0. The smallest absolute Gasteiger partial charge is 0.234 e. The molecule has 1 atom stereocenters. The van der Waals surface area contributed by atoms with Crippen molar-refractivity contribution in [3.8, 4) is 0 Å². The monoisotopic (exact) mass is 279 g/mol. The van der Waals surface area contributed by atoms with Crippen molar-refractivity contribution in [1.29, 1.82) is 0 Å². The molecule has 0 saturated carbocycles. The van der Waals surface area contributed by atoms with Gasteiger partial charge in [0.2, 0.25) is 5.91 Å². The van der Waals surface area contributed by atoms with E-state index in [1.165, 1.54) is 11.1 Å². The number of pyridine rings is 1. The number of amides is 1. The Bertz CT molecular complexity index is 437. The molecule has 5 nitrogen and oxygen atoms in total. The molecule has 0 aromatic carbocycles. The minimum atomic E-state index is -0.0238. The van der Waals surface area contributed by atoms with E-state index in [2.05, 4.69) is 35.5 Å². The van der Waals surface area contributed by atoms with Gasteiger partial charge in [0.1, 0.15) is 0 Å². The Morgan fingerprint density at radius 3 is 2.70 bits per heavy atom. The molecule has 1 heterocycles. The van der Waals surface area contributed by atoms with Crippen molar-refractivity contribution in [2.24, 2.45) is 0 Å². The zero-order chi connectivity index (χ0) is 15.1. The highest BCUT2D eigenvalue weighted by molar-refractivity contribution is 5.78. The van der Waals surface area contributed by atoms with Crippen LogP contribution in [-0.2, 0) is 9.53 Å². The Morgan fingerprint density at radius 1 is 1.40 bits per heavy atom. The predicted octanol–water partition coefficient (Wildman–Crippen LogP) is 1.42. The SMILES string of the molecule is COCCNC(=O)CNC(C)c1c(C)cc(C)nc1C. The molecule has 0 bridgehead atoms. The standard InChI is InChI=1S/C15H25N3O2/c1-10-8-11(2)18-13(4)15(10)12(3)17-9-14(19)16-6-7-20-5/h8,12,17H,6-7,9H2,1-5H3,(H,16,19). The summed E-state index contributed by atoms with van der Waals surface area (Å²) in [5.41, 5.74) is 4.41. The van der Waals surface area contributed by atoms with Crippen molar-refractivity contribution in [2.45, 2.75) is 33.7 Å². The predicted molar refractivity (Wildman–Crippen MR) is 79.8 cm³/mol. The molecule has 20 heavy (non-hydrogen) atoms. The van der Waals surface area contributed by atoms with Gasteiger partial charge in [0, 0.05) is 31.1 Å². The lowest BCUT2D eigenvalue weighted by atomic mass is 10.0. The molecule has 1 amide bonds. The highest BCUT2D eigenvalue weighted by atomic mass is 16.5. The van der Waals surface area contributed by atoms with Crippen molar-refractivity contribution < 1.29 is 9.53 Å². The van der Waals surface area contributed by atoms with E-state index >= 15 is 0 Å². The molecule has 1 rings (SSSR count). The van der Waals surface area contributed by atoms with E-state index in [9.17, 15) is 4.79 Å². The Kier molecular flexibility index (Phi) is 6.61. The van der Waals surface area contributed by atoms with Crippen LogP contribution >= 0.6 is 0 Å². The number of nitrogens with one attached hydrogen (secondary N) is 2. The van der Waals surface area contributed by atoms with Crippen LogP contribution < -0.4 is 10.6 Å². The average molecular weight is 279 g/mol. The summed E-state index contributed by atoms with van der Waals surface area (Å²) in [5.74, 6) is -0.0238. The zero-order valence-corrected chi connectivity index (χ0v) is 13.0. The third-order valence-corrected chi connectivity index (χ3v) is 3.21. The number of aromatic nitrogens is 1. The van der Waals surface area contributed by atoms with Gasteiger partial charge in [0.05, 0.1) is 13.2 Å². The van der Waals surface area contributed by atoms with Crippen LogP contribution in [0.4, 0.5) is 0 Å². The Hall–Kier alpha value is -1.46. The van der Waals surface area contributed by atoms with E-state index in [-0.39, 0.29) is 18.5 Å². The van der Waals surface area contributed by atoms with Gasteiger partial charge in [-0.05, 0) is 44.9 Å². The van der Waals surface area contributed by atoms with Gasteiger partial charge >= 0.3 is 0 Å². The van der Waals surface area contributed by atoms with Gasteiger partial charge in [0.15, 0.2) is 0 Å². The topological polar surface area (TPSA) is 63.2 Å². The number of ether oxygens (including phenoxy) is 1. The van der Waals surface area contributed by atoms with Crippen LogP contribution in [-0.4, -0.2) is 37.7 Å². The van der Waals surface area contributed by atoms with Crippen LogP contribution in [0.3, 0.4) is 0 Å². The average Bonchev–Trinajstić information content (AvgIpc) is 2.35. The van der Waals surface area contributed by atoms with Crippen molar-refractivity contribution >= 4 is 5.91 Å². The van der Waals surface area contributed by atoms with Crippen LogP contribution in [0.2, 0.25) is 0 Å². The molecule has 0 aliphatic heterocycles. The molecule has 1 aromatic heterocycles. The van der Waals surface area contributed by atoms with Crippen molar-refractivity contribution in [3.05, 3.63) is 28.6 Å². The maximum absolute atomic E-state index is 11.6. The van der Waals surface area contributed by atoms with E-state index in [1.54, 1.807) is 7.11 Å². The molecule has 0 aliphatic rings. The molecule has 0 radical (unpaired) electrons. The lowest BCUT2D eigenvalue weighted by molar-refractivity contribution is -0.120. The summed E-state index contributed by atoms with van der Waals surface area (Å²) in [5, 5.41) is 6.02. The molecule has 0 spiro atoms. The third-order valence-electron chi connectivity index (χ3n) is 3.21. The molecule has 0 fully saturated rings. The first-order valence-corrected chi connectivity index (χ1v) is 6.89. The van der Waals surface area contributed by atoms with Crippen molar-refractivity contribution in [1.82, 2.24) is 15.6 Å². The van der Waals surface area contributed by atoms with Gasteiger partial charge in [-0.15, -0.1) is 0 Å². The summed E-state index contributed by atoms with van der Waals surface area (Å²) in [4.78, 5) is 16.1. The Morgan fingerprint density at radius 2 is 2.10 bits per heavy atom. The second kappa shape index (κ2) is 7.97. The molecule has 0 saturated heterocycles. The summed E-state index contributed by atoms with van der Waals surface area (Å²) in [7, 11) is 1.61. The first kappa shape index (κ1) is 16.6. The summed E-state index contributed by atoms with van der Waals surface area (Å²) in [6, 6.07) is 2.16. The van der Waals surface area contributed by atoms with E-state index < -0.39 is 0 Å². The van der Waals surface area contributed by atoms with Crippen LogP contribution in [0.15, 0.2) is 6.07 Å². The highest BCUT2D eigenvalue weighted by Gasteiger charge is 2.13. The fourth-order valence-electron chi connectivity index (χ4n) is 2.39. The summed E-state index contributed by atoms with van der Waals surface area (Å²) >= 11 is 0. The lowest BCUT2D eigenvalue weighted by Gasteiger charge is -2.19. The number of hydrogen-bond acceptors (Lipinski definition) is 4. The molecule has 2 N–H and O–H groups in total. The molecule has 112 valence electrons. The second-order valence-electron chi connectivity index (χ2n) is 5.02. The maximum Gasteiger partial charge on any atom is 0.234 e. The lowest BCUT2D eigenvalue weighted by Crippen LogP contribution is -2.36. The van der Waals surface area contributed by atoms with Crippen LogP contribution in [0, 0.1) is 20.8 Å². The summed E-state index contributed by atoms with van der Waals surface area (Å²) < 4.78 is 4.89. The minimum Gasteiger partial charge on any atom is -0.383 e. The van der Waals surface area contributed by atoms with Crippen LogP contribution in [0.1, 0.15) is 35.5 Å². The molecule has 5 heteroatoms. The number of nitrogens with zero attached hydrogens (tertiary/aromatic N) is 1. The van der Waals surface area contributed by atoms with Crippen molar-refractivity contribution in [2.75, 3.05) is 26.8 Å². The van der Waals surface area contributed by atoms with E-state index in [0.717, 1.165) is 11.4 Å². The number of hydrogen-bond donors (Lipinski definition) is 2. The molecule has 1 unspecified atom stereocenters. The van der Waals surface area contributed by atoms with Crippen LogP contribution in [0.25, 0.3) is 0 Å². The highest BCUT2D eigenvalue weighted by Crippen LogP contribution is 2.20. The largest absolute Gasteiger partial charge is 0.383 e. The maximum atomic E-state index is 11.6. The third kappa shape index (κ3) is 4.90. The Labute approximate surface area is 121 Å². The van der Waals surface area contributed by atoms with E-state index in [1.807, 2.05) is 13.8 Å². The molecule has 0 aliphatic carbocycles. The molecular weight excluding hydrogens is 254 g/mol. The van der Waals surface area contributed by atoms with Gasteiger partial charge in [0.25, 0.3) is 0 Å². The van der Waals surface area contributed by atoms with Gasteiger partial charge in [-0.25, -0.2) is 0 Å². The summed E-state index contributed by atoms with van der Waals surface area (Å²) in [6.45, 7) is 9.48. The minimum absolute atomic E-state index is 0.0238. The molecular formula is C15H25N3O2. The van der Waals surface area contributed by atoms with Crippen molar-refractivity contribution in [3.63, 3.8) is 0 Å². The Balaban J connectivity index is 2.55. The quantitative estimate of drug-likeness (QED) is 0.741. The fraction of sp³-hybridized carbons (Fsp3) is 0.600. The number of carbonyl (C=O) groups excluding carboxylic acids is 1. The number of methoxy groups -OCH3 is 1. The molecule has 1 aromatic rings. The van der Waals surface area contributed by atoms with E-state index in [4.69, 9.17) is 4.74 Å². The van der Waals surface area contributed by atoms with E-state index in [0.29, 0.717) is 13.2 Å². The number of aryl methyl sites for hydroxylation is 3. The number of carbonyl (C=O) groups is 1. The fourth-order valence-corrected chi connectivity index (χ4v) is 2.39. The van der Waals surface area contributed by atoms with Gasteiger partial charge in [-0.3, -0.25) is 9.78 Å².